The van der Waals surface area contributed by atoms with E-state index in [1.54, 1.807) is 0 Å². The number of carbonyl (C=O) groups is 1. The summed E-state index contributed by atoms with van der Waals surface area (Å²) in [4.78, 5) is 13.3. The second kappa shape index (κ2) is 23.7. The SMILES string of the molecule is CCCCCCCCCCCC(=O)c1c2ccccc2cc[n+]1Cc1ccccc1.Fc1c(F)c(F)c([B-](c2c(F)c(F)c(F)c(F)c2F)(c2c(F)c(F)c(F)c(F)c2F)c2c(F)c(F)c(F)c(F)c2F)c(F)c1F. The van der Waals surface area contributed by atoms with Crippen molar-refractivity contribution in [3.63, 3.8) is 0 Å². The van der Waals surface area contributed by atoms with Crippen molar-refractivity contribution in [2.24, 2.45) is 0 Å². The minimum absolute atomic E-state index is 0.269. The molecule has 0 amide bonds. The lowest BCUT2D eigenvalue weighted by Gasteiger charge is -2.44. The summed E-state index contributed by atoms with van der Waals surface area (Å²) in [6.45, 7) is 2.99. The van der Waals surface area contributed by atoms with Gasteiger partial charge in [-0.1, -0.05) is 107 Å². The summed E-state index contributed by atoms with van der Waals surface area (Å²) in [5, 5.41) is 2.20. The Balaban J connectivity index is 0.000000264. The molecule has 0 fully saturated rings. The summed E-state index contributed by atoms with van der Waals surface area (Å²) in [6.07, 6.45) is 6.93. The summed E-state index contributed by atoms with van der Waals surface area (Å²) in [5.41, 5.74) is -12.3. The average Bonchev–Trinajstić information content (AvgIpc) is 3.42. The first kappa shape index (κ1) is 57.3. The number of benzene rings is 6. The Bertz CT molecular complexity index is 2920. The van der Waals surface area contributed by atoms with Gasteiger partial charge >= 0.3 is 0 Å². The summed E-state index contributed by atoms with van der Waals surface area (Å²) in [5.74, 6) is -71.1. The average molecular weight is 1080 g/mol. The van der Waals surface area contributed by atoms with Crippen LogP contribution in [0.3, 0.4) is 0 Å². The number of fused-ring (bicyclic) bond motifs is 1. The van der Waals surface area contributed by atoms with Crippen molar-refractivity contribution in [3.05, 3.63) is 194 Å². The highest BCUT2D eigenvalue weighted by molar-refractivity contribution is 7.20. The Morgan fingerprint density at radius 2 is 0.680 bits per heavy atom. The van der Waals surface area contributed by atoms with Crippen LogP contribution >= 0.6 is 0 Å². The van der Waals surface area contributed by atoms with Gasteiger partial charge in [0.25, 0.3) is 5.69 Å². The number of Topliss-reactive ketones (excluding diaryl/α,β-unsaturated/α-hetero) is 1. The minimum Gasteiger partial charge on any atom is -0.287 e. The summed E-state index contributed by atoms with van der Waals surface area (Å²) in [7, 11) is 0. The largest absolute Gasteiger partial charge is 0.287 e. The number of aromatic nitrogens is 1. The van der Waals surface area contributed by atoms with Gasteiger partial charge in [0.15, 0.2) is 82.5 Å². The molecule has 0 N–H and O–H groups in total. The van der Waals surface area contributed by atoms with Crippen LogP contribution in [0.1, 0.15) is 87.2 Å². The molecule has 0 saturated carbocycles. The monoisotopic (exact) mass is 1080 g/mol. The molecule has 0 aliphatic rings. The highest BCUT2D eigenvalue weighted by Gasteiger charge is 2.52. The van der Waals surface area contributed by atoms with Gasteiger partial charge in [-0.25, -0.2) is 87.8 Å². The van der Waals surface area contributed by atoms with Crippen molar-refractivity contribution in [2.45, 2.75) is 77.7 Å². The summed E-state index contributed by atoms with van der Waals surface area (Å²) >= 11 is 0. The first-order valence-electron chi connectivity index (χ1n) is 22.7. The van der Waals surface area contributed by atoms with Crippen LogP contribution in [0.25, 0.3) is 10.8 Å². The molecule has 0 unspecified atom stereocenters. The summed E-state index contributed by atoms with van der Waals surface area (Å²) < 4.78 is 296. The van der Waals surface area contributed by atoms with Gasteiger partial charge in [-0.05, 0) is 17.9 Å². The van der Waals surface area contributed by atoms with Crippen molar-refractivity contribution >= 4 is 44.6 Å². The van der Waals surface area contributed by atoms with Crippen LogP contribution in [0, 0.1) is 116 Å². The molecule has 23 heteroatoms. The van der Waals surface area contributed by atoms with Crippen LogP contribution < -0.4 is 26.4 Å². The number of hydrogen-bond donors (Lipinski definition) is 0. The minimum atomic E-state index is -7.22. The van der Waals surface area contributed by atoms with Crippen LogP contribution in [-0.4, -0.2) is 11.9 Å². The maximum absolute atomic E-state index is 15.4. The smallest absolute Gasteiger partial charge is 0.256 e. The Hall–Kier alpha value is -6.94. The van der Waals surface area contributed by atoms with E-state index in [9.17, 15) is 57.5 Å². The highest BCUT2D eigenvalue weighted by atomic mass is 19.2. The fourth-order valence-electron chi connectivity index (χ4n) is 9.07. The van der Waals surface area contributed by atoms with Gasteiger partial charge in [0, 0.05) is 18.1 Å². The zero-order chi connectivity index (χ0) is 55.4. The van der Waals surface area contributed by atoms with Crippen LogP contribution in [0.15, 0.2) is 66.9 Å². The number of unbranched alkanes of at least 4 members (excludes halogenated alkanes) is 8. The Morgan fingerprint density at radius 3 is 1.04 bits per heavy atom. The first-order valence-corrected chi connectivity index (χ1v) is 22.7. The lowest BCUT2D eigenvalue weighted by atomic mass is 9.12. The molecule has 0 saturated heterocycles. The van der Waals surface area contributed by atoms with Crippen LogP contribution in [0.5, 0.6) is 0 Å². The van der Waals surface area contributed by atoms with E-state index < -0.39 is 144 Å². The van der Waals surface area contributed by atoms with Gasteiger partial charge < -0.3 is 0 Å². The zero-order valence-corrected chi connectivity index (χ0v) is 38.6. The van der Waals surface area contributed by atoms with Gasteiger partial charge in [-0.3, -0.25) is 4.79 Å². The Labute approximate surface area is 413 Å². The molecule has 0 aliphatic heterocycles. The third-order valence-electron chi connectivity index (χ3n) is 12.6. The van der Waals surface area contributed by atoms with E-state index in [1.807, 2.05) is 18.2 Å². The van der Waals surface area contributed by atoms with Crippen molar-refractivity contribution in [1.82, 2.24) is 0 Å². The second-order valence-electron chi connectivity index (χ2n) is 17.2. The van der Waals surface area contributed by atoms with Gasteiger partial charge in [-0.15, -0.1) is 21.9 Å². The number of nitrogens with zero attached hydrogens (tertiary/aromatic N) is 1. The van der Waals surface area contributed by atoms with Crippen LogP contribution in [-0.2, 0) is 6.54 Å². The zero-order valence-electron chi connectivity index (χ0n) is 38.6. The summed E-state index contributed by atoms with van der Waals surface area (Å²) in [6, 6.07) is 20.8. The number of halogens is 20. The molecule has 7 rings (SSSR count). The van der Waals surface area contributed by atoms with E-state index in [1.165, 1.54) is 50.5 Å². The molecule has 75 heavy (non-hydrogen) atoms. The van der Waals surface area contributed by atoms with E-state index in [2.05, 4.69) is 60.2 Å². The molecule has 398 valence electrons. The van der Waals surface area contributed by atoms with E-state index in [0.717, 1.165) is 35.9 Å². The number of pyridine rings is 1. The van der Waals surface area contributed by atoms with E-state index in [4.69, 9.17) is 0 Å². The number of rotatable bonds is 17. The molecule has 1 heterocycles. The van der Waals surface area contributed by atoms with E-state index in [0.29, 0.717) is 6.42 Å². The van der Waals surface area contributed by atoms with Gasteiger partial charge in [0.1, 0.15) is 52.7 Å². The molecule has 0 spiro atoms. The molecule has 7 aromatic rings. The quantitative estimate of drug-likeness (QED) is 0.0169. The van der Waals surface area contributed by atoms with Crippen molar-refractivity contribution < 1.29 is 97.2 Å². The molecule has 0 aliphatic carbocycles. The normalized spacial score (nSPS) is 11.6. The van der Waals surface area contributed by atoms with Crippen molar-refractivity contribution in [3.8, 4) is 0 Å². The third-order valence-corrected chi connectivity index (χ3v) is 12.6. The first-order chi connectivity index (χ1) is 35.5. The molecule has 1 aromatic heterocycles. The molecular formula is C52H36BF20NO. The predicted molar refractivity (Wildman–Crippen MR) is 235 cm³/mol. The topological polar surface area (TPSA) is 20.9 Å². The third kappa shape index (κ3) is 10.5. The Morgan fingerprint density at radius 1 is 0.373 bits per heavy atom. The van der Waals surface area contributed by atoms with Gasteiger partial charge in [-0.2, -0.15) is 4.57 Å². The van der Waals surface area contributed by atoms with Gasteiger partial charge in [0.2, 0.25) is 5.78 Å². The highest BCUT2D eigenvalue weighted by Crippen LogP contribution is 2.31. The van der Waals surface area contributed by atoms with E-state index >= 15 is 35.1 Å². The van der Waals surface area contributed by atoms with Gasteiger partial charge in [0.05, 0.1) is 5.39 Å². The molecular weight excluding hydrogens is 1050 g/mol. The fraction of sp³-hybridized carbons (Fsp3) is 0.231. The predicted octanol–water partition coefficient (Wildman–Crippen LogP) is 13.1. The van der Waals surface area contributed by atoms with Crippen LogP contribution in [0.4, 0.5) is 87.8 Å². The number of ketones is 1. The molecule has 6 aromatic carbocycles. The Kier molecular flexibility index (Phi) is 18.1. The maximum atomic E-state index is 15.4. The lowest BCUT2D eigenvalue weighted by Crippen LogP contribution is -2.81. The lowest BCUT2D eigenvalue weighted by molar-refractivity contribution is -0.688. The van der Waals surface area contributed by atoms with Crippen molar-refractivity contribution in [2.75, 3.05) is 0 Å². The maximum Gasteiger partial charge on any atom is 0.256 e. The molecule has 0 bridgehead atoms. The molecule has 2 nitrogen and oxygen atoms in total. The van der Waals surface area contributed by atoms with Crippen molar-refractivity contribution in [1.29, 1.82) is 0 Å². The van der Waals surface area contributed by atoms with Crippen LogP contribution in [0.2, 0.25) is 0 Å². The standard InChI is InChI=1S/C28H36NO.C24BF20/c1-2-3-4-5-6-7-8-9-13-20-27(30)28-26-19-15-14-18-25(26)21-22-29(28)23-24-16-11-10-12-17-24;26-5-1(6(27)14(35)21(42)13(5)34)25(2-7(28)15(36)22(43)16(37)8(2)29,3-9(30)17(38)23(44)18(39)10(3)31)4-11(32)19(40)24(45)20(41)12(4)33/h10-12,14-19,21-22H,2-9,13,20,23H2,1H3;/q+1;-1. The van der Waals surface area contributed by atoms with E-state index in [-0.39, 0.29) is 5.78 Å². The number of hydrogen-bond acceptors (Lipinski definition) is 1. The molecule has 0 radical (unpaired) electrons. The molecule has 0 atom stereocenters. The second-order valence-corrected chi connectivity index (χ2v) is 17.2. The fourth-order valence-corrected chi connectivity index (χ4v) is 9.07. The number of carbonyl (C=O) groups excluding carboxylic acids is 1.